The van der Waals surface area contributed by atoms with Crippen LogP contribution >= 0.6 is 11.6 Å². The minimum atomic E-state index is -4.41. The molecule has 1 aliphatic rings. The van der Waals surface area contributed by atoms with Gasteiger partial charge in [-0.15, -0.1) is 0 Å². The minimum absolute atomic E-state index is 0.00323. The Balaban J connectivity index is 1.57. The molecule has 0 saturated carbocycles. The lowest BCUT2D eigenvalue weighted by atomic mass is 10.1. The molecule has 1 atom stereocenters. The quantitative estimate of drug-likeness (QED) is 0.365. The lowest BCUT2D eigenvalue weighted by Crippen LogP contribution is -2.39. The Morgan fingerprint density at radius 3 is 2.70 bits per heavy atom. The molecule has 1 unspecified atom stereocenters. The molecule has 9 nitrogen and oxygen atoms in total. The van der Waals surface area contributed by atoms with Crippen LogP contribution in [0.5, 0.6) is 0 Å². The van der Waals surface area contributed by atoms with Gasteiger partial charge in [-0.2, -0.15) is 18.3 Å². The van der Waals surface area contributed by atoms with Crippen molar-refractivity contribution in [3.05, 3.63) is 63.2 Å². The highest BCUT2D eigenvalue weighted by molar-refractivity contribution is 6.30. The highest BCUT2D eigenvalue weighted by Crippen LogP contribution is 2.31. The van der Waals surface area contributed by atoms with Crippen LogP contribution in [0.15, 0.2) is 35.4 Å². The molecule has 0 radical (unpaired) electrons. The molecule has 1 fully saturated rings. The highest BCUT2D eigenvalue weighted by Gasteiger charge is 2.30. The van der Waals surface area contributed by atoms with Crippen LogP contribution in [0.2, 0.25) is 5.02 Å². The second-order valence-electron chi connectivity index (χ2n) is 8.61. The molecule has 1 aromatic carbocycles. The Morgan fingerprint density at radius 1 is 1.19 bits per heavy atom. The monoisotopic (exact) mass is 537 g/mol. The molecule has 3 aromatic heterocycles. The molecule has 0 aliphatic carbocycles. The summed E-state index contributed by atoms with van der Waals surface area (Å²) in [7, 11) is 1.55. The number of morpholine rings is 1. The van der Waals surface area contributed by atoms with E-state index in [0.717, 1.165) is 10.7 Å². The number of benzene rings is 1. The molecule has 194 valence electrons. The fourth-order valence-electron chi connectivity index (χ4n) is 4.10. The van der Waals surface area contributed by atoms with Gasteiger partial charge in [-0.3, -0.25) is 14.0 Å². The van der Waals surface area contributed by atoms with Crippen molar-refractivity contribution in [3.8, 4) is 11.3 Å². The predicted octanol–water partition coefficient (Wildman–Crippen LogP) is 3.83. The van der Waals surface area contributed by atoms with Gasteiger partial charge in [0, 0.05) is 35.9 Å². The first kappa shape index (κ1) is 25.1. The average molecular weight is 538 g/mol. The van der Waals surface area contributed by atoms with Crippen LogP contribution in [0.3, 0.4) is 0 Å². The molecule has 14 heteroatoms. The van der Waals surface area contributed by atoms with E-state index in [1.165, 1.54) is 29.1 Å². The number of anilines is 1. The van der Waals surface area contributed by atoms with Crippen molar-refractivity contribution in [1.29, 1.82) is 0 Å². The standard InChI is InChI=1S/C23H20ClF4N7O2/c1-12-30-19-18(15-4-3-14(24)7-16(15)25)31-22(32-20(19)21(36)33(12)2)34-5-6-37-17(10-34)13-8-29-35(9-13)11-23(26,27)28/h3-4,7-9,17H,5-6,10-11H2,1-2H3. The van der Waals surface area contributed by atoms with Crippen LogP contribution in [-0.4, -0.2) is 55.2 Å². The molecule has 1 saturated heterocycles. The molecule has 0 N–H and O–H groups in total. The first-order valence-electron chi connectivity index (χ1n) is 11.2. The Hall–Kier alpha value is -3.58. The lowest BCUT2D eigenvalue weighted by molar-refractivity contribution is -0.142. The zero-order valence-corrected chi connectivity index (χ0v) is 20.4. The zero-order valence-electron chi connectivity index (χ0n) is 19.6. The van der Waals surface area contributed by atoms with Crippen LogP contribution in [0, 0.1) is 12.7 Å². The van der Waals surface area contributed by atoms with E-state index in [9.17, 15) is 22.4 Å². The number of alkyl halides is 3. The number of aromatic nitrogens is 6. The number of aryl methyl sites for hydroxylation is 1. The average Bonchev–Trinajstić information content (AvgIpc) is 3.29. The second kappa shape index (κ2) is 9.38. The summed E-state index contributed by atoms with van der Waals surface area (Å²) >= 11 is 5.93. The zero-order chi connectivity index (χ0) is 26.5. The number of ether oxygens (including phenoxy) is 1. The number of hydrogen-bond donors (Lipinski definition) is 0. The number of rotatable bonds is 4. The van der Waals surface area contributed by atoms with Crippen molar-refractivity contribution < 1.29 is 22.3 Å². The van der Waals surface area contributed by atoms with Crippen molar-refractivity contribution in [3.63, 3.8) is 0 Å². The predicted molar refractivity (Wildman–Crippen MR) is 127 cm³/mol. The summed E-state index contributed by atoms with van der Waals surface area (Å²) in [5.41, 5.74) is 0.381. The van der Waals surface area contributed by atoms with Gasteiger partial charge in [0.05, 0.1) is 19.3 Å². The van der Waals surface area contributed by atoms with Gasteiger partial charge in [-0.25, -0.2) is 19.3 Å². The fourth-order valence-corrected chi connectivity index (χ4v) is 4.26. The number of hydrogen-bond acceptors (Lipinski definition) is 7. The molecular weight excluding hydrogens is 518 g/mol. The molecule has 37 heavy (non-hydrogen) atoms. The van der Waals surface area contributed by atoms with E-state index in [1.807, 2.05) is 0 Å². The van der Waals surface area contributed by atoms with Gasteiger partial charge < -0.3 is 9.64 Å². The topological polar surface area (TPSA) is 91.0 Å². The molecule has 5 rings (SSSR count). The van der Waals surface area contributed by atoms with Gasteiger partial charge in [0.15, 0.2) is 5.52 Å². The summed E-state index contributed by atoms with van der Waals surface area (Å²) in [5, 5.41) is 3.97. The second-order valence-corrected chi connectivity index (χ2v) is 9.05. The summed E-state index contributed by atoms with van der Waals surface area (Å²) in [5.74, 6) is -0.113. The van der Waals surface area contributed by atoms with Gasteiger partial charge in [0.25, 0.3) is 5.56 Å². The number of fused-ring (bicyclic) bond motifs is 1. The first-order valence-corrected chi connectivity index (χ1v) is 11.5. The smallest absolute Gasteiger partial charge is 0.370 e. The van der Waals surface area contributed by atoms with Gasteiger partial charge in [-0.05, 0) is 25.1 Å². The van der Waals surface area contributed by atoms with Crippen LogP contribution in [0.1, 0.15) is 17.5 Å². The van der Waals surface area contributed by atoms with Crippen molar-refractivity contribution in [2.24, 2.45) is 7.05 Å². The van der Waals surface area contributed by atoms with Crippen LogP contribution in [0.25, 0.3) is 22.3 Å². The van der Waals surface area contributed by atoms with Crippen molar-refractivity contribution >= 4 is 28.6 Å². The largest absolute Gasteiger partial charge is 0.408 e. The normalized spacial score (nSPS) is 16.5. The van der Waals surface area contributed by atoms with E-state index in [1.54, 1.807) is 18.9 Å². The molecule has 0 bridgehead atoms. The third-order valence-corrected chi connectivity index (χ3v) is 6.28. The Labute approximate surface area is 212 Å². The Bertz CT molecular complexity index is 1550. The molecule has 4 heterocycles. The van der Waals surface area contributed by atoms with E-state index in [-0.39, 0.29) is 46.4 Å². The molecule has 1 aliphatic heterocycles. The SMILES string of the molecule is Cc1nc2c(-c3ccc(Cl)cc3F)nc(N3CCOC(c4cnn(CC(F)(F)F)c4)C3)nc2c(=O)n1C. The molecule has 4 aromatic rings. The van der Waals surface area contributed by atoms with E-state index in [2.05, 4.69) is 20.1 Å². The molecule has 0 amide bonds. The Kier molecular flexibility index (Phi) is 6.36. The number of nitrogens with zero attached hydrogens (tertiary/aromatic N) is 7. The van der Waals surface area contributed by atoms with Crippen LogP contribution in [-0.2, 0) is 18.3 Å². The third-order valence-electron chi connectivity index (χ3n) is 6.04. The maximum atomic E-state index is 14.9. The van der Waals surface area contributed by atoms with Crippen molar-refractivity contribution in [1.82, 2.24) is 29.3 Å². The summed E-state index contributed by atoms with van der Waals surface area (Å²) in [6.07, 6.45) is -2.43. The van der Waals surface area contributed by atoms with Crippen LogP contribution in [0.4, 0.5) is 23.5 Å². The van der Waals surface area contributed by atoms with E-state index in [4.69, 9.17) is 16.3 Å². The van der Waals surface area contributed by atoms with Gasteiger partial charge >= 0.3 is 6.18 Å². The molecular formula is C23H20ClF4N7O2. The first-order chi connectivity index (χ1) is 17.5. The van der Waals surface area contributed by atoms with Gasteiger partial charge in [-0.1, -0.05) is 11.6 Å². The number of halogens is 5. The molecule has 0 spiro atoms. The lowest BCUT2D eigenvalue weighted by Gasteiger charge is -2.32. The van der Waals surface area contributed by atoms with Crippen molar-refractivity contribution in [2.45, 2.75) is 25.7 Å². The van der Waals surface area contributed by atoms with Crippen LogP contribution < -0.4 is 10.5 Å². The minimum Gasteiger partial charge on any atom is -0.370 e. The highest BCUT2D eigenvalue weighted by atomic mass is 35.5. The summed E-state index contributed by atoms with van der Waals surface area (Å²) in [4.78, 5) is 28.3. The third kappa shape index (κ3) is 5.01. The van der Waals surface area contributed by atoms with Gasteiger partial charge in [0.1, 0.15) is 35.5 Å². The maximum absolute atomic E-state index is 14.9. The van der Waals surface area contributed by atoms with E-state index < -0.39 is 30.2 Å². The maximum Gasteiger partial charge on any atom is 0.408 e. The Morgan fingerprint density at radius 2 is 1.97 bits per heavy atom. The summed E-state index contributed by atoms with van der Waals surface area (Å²) < 4.78 is 61.0. The van der Waals surface area contributed by atoms with E-state index in [0.29, 0.717) is 17.9 Å². The summed E-state index contributed by atoms with van der Waals surface area (Å²) in [6, 6.07) is 4.10. The van der Waals surface area contributed by atoms with E-state index >= 15 is 0 Å². The van der Waals surface area contributed by atoms with Gasteiger partial charge in [0.2, 0.25) is 5.95 Å². The van der Waals surface area contributed by atoms with Crippen molar-refractivity contribution in [2.75, 3.05) is 24.6 Å². The summed E-state index contributed by atoms with van der Waals surface area (Å²) in [6.45, 7) is 1.14. The fraction of sp³-hybridized carbons (Fsp3) is 0.348.